The largest absolute Gasteiger partial charge is 0.366 e. The van der Waals surface area contributed by atoms with Crippen LogP contribution in [-0.4, -0.2) is 27.7 Å². The molecule has 0 aliphatic heterocycles. The van der Waals surface area contributed by atoms with Crippen LogP contribution in [0.1, 0.15) is 18.4 Å². The highest BCUT2D eigenvalue weighted by Crippen LogP contribution is 2.46. The van der Waals surface area contributed by atoms with E-state index >= 15 is 0 Å². The number of rotatable bonds is 4. The van der Waals surface area contributed by atoms with Crippen molar-refractivity contribution in [1.29, 1.82) is 5.26 Å². The van der Waals surface area contributed by atoms with Gasteiger partial charge in [-0.3, -0.25) is 0 Å². The van der Waals surface area contributed by atoms with Crippen LogP contribution in [0, 0.1) is 11.3 Å². The van der Waals surface area contributed by atoms with Crippen molar-refractivity contribution in [2.45, 2.75) is 17.6 Å². The molecule has 0 unspecified atom stereocenters. The second kappa shape index (κ2) is 4.07. The second-order valence-corrected chi connectivity index (χ2v) is 4.92. The van der Waals surface area contributed by atoms with Crippen molar-refractivity contribution in [2.75, 3.05) is 18.1 Å². The molecule has 2 rings (SSSR count). The van der Waals surface area contributed by atoms with Crippen molar-refractivity contribution in [3.8, 4) is 6.07 Å². The van der Waals surface area contributed by atoms with Crippen LogP contribution in [0.4, 0.5) is 5.82 Å². The molecule has 1 heterocycles. The number of nitrogens with one attached hydrogen (secondary N) is 1. The van der Waals surface area contributed by atoms with Crippen molar-refractivity contribution >= 4 is 17.6 Å². The normalized spacial score (nSPS) is 16.8. The van der Waals surface area contributed by atoms with Crippen molar-refractivity contribution in [3.05, 3.63) is 17.8 Å². The maximum atomic E-state index is 8.86. The van der Waals surface area contributed by atoms with Crippen LogP contribution < -0.4 is 5.32 Å². The van der Waals surface area contributed by atoms with Gasteiger partial charge in [0.2, 0.25) is 0 Å². The molecule has 0 saturated heterocycles. The second-order valence-electron chi connectivity index (χ2n) is 3.65. The lowest BCUT2D eigenvalue weighted by atomic mass is 10.3. The van der Waals surface area contributed by atoms with Gasteiger partial charge in [0.1, 0.15) is 6.07 Å². The van der Waals surface area contributed by atoms with Crippen LogP contribution in [0.3, 0.4) is 0 Å². The number of hydrogen-bond donors (Lipinski definition) is 1. The molecule has 1 aliphatic rings. The van der Waals surface area contributed by atoms with Crippen molar-refractivity contribution in [1.82, 2.24) is 10.2 Å². The summed E-state index contributed by atoms with van der Waals surface area (Å²) in [6.45, 7) is 0.863. The zero-order valence-electron chi connectivity index (χ0n) is 8.53. The first kappa shape index (κ1) is 10.2. The van der Waals surface area contributed by atoms with Crippen LogP contribution in [-0.2, 0) is 0 Å². The summed E-state index contributed by atoms with van der Waals surface area (Å²) in [5.74, 6) is 0.598. The van der Waals surface area contributed by atoms with E-state index in [4.69, 9.17) is 5.26 Å². The Kier molecular flexibility index (Phi) is 2.78. The SMILES string of the molecule is CSC1(CNc2nnccc2C#N)CC1. The molecule has 78 valence electrons. The molecule has 0 aromatic carbocycles. The summed E-state index contributed by atoms with van der Waals surface area (Å²) in [5.41, 5.74) is 0.557. The van der Waals surface area contributed by atoms with Crippen molar-refractivity contribution in [2.24, 2.45) is 0 Å². The third kappa shape index (κ3) is 2.21. The summed E-state index contributed by atoms with van der Waals surface area (Å²) in [7, 11) is 0. The summed E-state index contributed by atoms with van der Waals surface area (Å²) >= 11 is 1.88. The summed E-state index contributed by atoms with van der Waals surface area (Å²) in [5, 5.41) is 19.8. The minimum Gasteiger partial charge on any atom is -0.366 e. The fourth-order valence-corrected chi connectivity index (χ4v) is 2.12. The Labute approximate surface area is 93.1 Å². The Morgan fingerprint density at radius 1 is 1.67 bits per heavy atom. The summed E-state index contributed by atoms with van der Waals surface area (Å²) in [6, 6.07) is 3.77. The molecule has 1 aromatic heterocycles. The molecule has 1 aliphatic carbocycles. The van der Waals surface area contributed by atoms with E-state index in [1.54, 1.807) is 6.07 Å². The highest BCUT2D eigenvalue weighted by Gasteiger charge is 2.41. The van der Waals surface area contributed by atoms with Gasteiger partial charge in [-0.05, 0) is 25.2 Å². The number of thioether (sulfide) groups is 1. The van der Waals surface area contributed by atoms with E-state index < -0.39 is 0 Å². The predicted octanol–water partition coefficient (Wildman–Crippen LogP) is 1.66. The molecular weight excluding hydrogens is 208 g/mol. The lowest BCUT2D eigenvalue weighted by Gasteiger charge is -2.13. The molecule has 1 saturated carbocycles. The van der Waals surface area contributed by atoms with Crippen LogP contribution in [0.15, 0.2) is 12.3 Å². The fraction of sp³-hybridized carbons (Fsp3) is 0.500. The quantitative estimate of drug-likeness (QED) is 0.836. The van der Waals surface area contributed by atoms with Crippen LogP contribution in [0.5, 0.6) is 0 Å². The van der Waals surface area contributed by atoms with E-state index in [2.05, 4.69) is 27.8 Å². The van der Waals surface area contributed by atoms with Gasteiger partial charge >= 0.3 is 0 Å². The number of nitriles is 1. The minimum absolute atomic E-state index is 0.365. The van der Waals surface area contributed by atoms with Crippen molar-refractivity contribution in [3.63, 3.8) is 0 Å². The van der Waals surface area contributed by atoms with E-state index in [9.17, 15) is 0 Å². The summed E-state index contributed by atoms with van der Waals surface area (Å²) in [4.78, 5) is 0. The standard InChI is InChI=1S/C10H12N4S/c1-15-10(3-4-10)7-12-9-8(6-11)2-5-13-14-9/h2,5H,3-4,7H2,1H3,(H,12,14). The molecule has 1 fully saturated rings. The third-order valence-corrected chi connectivity index (χ3v) is 4.08. The molecular formula is C10H12N4S. The number of nitrogens with zero attached hydrogens (tertiary/aromatic N) is 3. The maximum Gasteiger partial charge on any atom is 0.166 e. The molecule has 0 amide bonds. The van der Waals surface area contributed by atoms with Crippen molar-refractivity contribution < 1.29 is 0 Å². The molecule has 0 bridgehead atoms. The topological polar surface area (TPSA) is 61.6 Å². The average Bonchev–Trinajstić information content (AvgIpc) is 3.07. The summed E-state index contributed by atoms with van der Waals surface area (Å²) in [6.07, 6.45) is 6.13. The van der Waals surface area contributed by atoms with Gasteiger partial charge < -0.3 is 5.32 Å². The number of aromatic nitrogens is 2. The number of hydrogen-bond acceptors (Lipinski definition) is 5. The van der Waals surface area contributed by atoms with E-state index in [-0.39, 0.29) is 0 Å². The first-order chi connectivity index (χ1) is 7.29. The van der Waals surface area contributed by atoms with Gasteiger partial charge in [-0.1, -0.05) is 0 Å². The summed E-state index contributed by atoms with van der Waals surface area (Å²) < 4.78 is 0.365. The molecule has 4 nitrogen and oxygen atoms in total. The zero-order valence-corrected chi connectivity index (χ0v) is 9.34. The Morgan fingerprint density at radius 3 is 3.07 bits per heavy atom. The Hall–Kier alpha value is -1.28. The Morgan fingerprint density at radius 2 is 2.47 bits per heavy atom. The molecule has 5 heteroatoms. The van der Waals surface area contributed by atoms with Gasteiger partial charge in [0, 0.05) is 11.3 Å². The minimum atomic E-state index is 0.365. The average molecular weight is 220 g/mol. The maximum absolute atomic E-state index is 8.86. The van der Waals surface area contributed by atoms with Gasteiger partial charge in [-0.15, -0.1) is 5.10 Å². The van der Waals surface area contributed by atoms with E-state index in [0.717, 1.165) is 6.54 Å². The molecule has 0 atom stereocenters. The lowest BCUT2D eigenvalue weighted by Crippen LogP contribution is -2.18. The first-order valence-electron chi connectivity index (χ1n) is 4.80. The van der Waals surface area contributed by atoms with Gasteiger partial charge in [0.25, 0.3) is 0 Å². The third-order valence-electron chi connectivity index (χ3n) is 2.66. The highest BCUT2D eigenvalue weighted by atomic mass is 32.2. The molecule has 1 aromatic rings. The zero-order chi connectivity index (χ0) is 10.7. The van der Waals surface area contributed by atoms with E-state index in [0.29, 0.717) is 16.1 Å². The van der Waals surface area contributed by atoms with Gasteiger partial charge in [-0.25, -0.2) is 0 Å². The van der Waals surface area contributed by atoms with Gasteiger partial charge in [-0.2, -0.15) is 22.1 Å². The van der Waals surface area contributed by atoms with Crippen LogP contribution in [0.2, 0.25) is 0 Å². The lowest BCUT2D eigenvalue weighted by molar-refractivity contribution is 0.919. The van der Waals surface area contributed by atoms with Crippen LogP contribution >= 0.6 is 11.8 Å². The smallest absolute Gasteiger partial charge is 0.166 e. The Balaban J connectivity index is 2.02. The monoisotopic (exact) mass is 220 g/mol. The first-order valence-corrected chi connectivity index (χ1v) is 6.03. The fourth-order valence-electron chi connectivity index (χ4n) is 1.39. The molecule has 1 N–H and O–H groups in total. The highest BCUT2D eigenvalue weighted by molar-refractivity contribution is 8.00. The van der Waals surface area contributed by atoms with E-state index in [1.165, 1.54) is 19.0 Å². The predicted molar refractivity (Wildman–Crippen MR) is 60.7 cm³/mol. The van der Waals surface area contributed by atoms with Gasteiger partial charge in [0.15, 0.2) is 5.82 Å². The molecule has 15 heavy (non-hydrogen) atoms. The van der Waals surface area contributed by atoms with Gasteiger partial charge in [0.05, 0.1) is 11.8 Å². The molecule has 0 spiro atoms. The molecule has 0 radical (unpaired) electrons. The number of anilines is 1. The van der Waals surface area contributed by atoms with Crippen LogP contribution in [0.25, 0.3) is 0 Å². The van der Waals surface area contributed by atoms with E-state index in [1.807, 2.05) is 11.8 Å². The Bertz CT molecular complexity index is 395.